The number of likely N-dealkylation sites (tertiary alicyclic amines) is 1. The van der Waals surface area contributed by atoms with Gasteiger partial charge in [-0.1, -0.05) is 64.2 Å². The van der Waals surface area contributed by atoms with Gasteiger partial charge in [0.1, 0.15) is 23.8 Å². The minimum absolute atomic E-state index is 0.0118. The van der Waals surface area contributed by atoms with E-state index >= 15 is 0 Å². The van der Waals surface area contributed by atoms with Crippen LogP contribution in [0.2, 0.25) is 0 Å². The van der Waals surface area contributed by atoms with Gasteiger partial charge in [-0.15, -0.1) is 0 Å². The summed E-state index contributed by atoms with van der Waals surface area (Å²) in [7, 11) is 1.67. The zero-order valence-electron chi connectivity index (χ0n) is 45.8. The summed E-state index contributed by atoms with van der Waals surface area (Å²) in [4.78, 5) is 65.5. The molecule has 0 spiro atoms. The largest absolute Gasteiger partial charge is 0.464 e. The number of hydrogen-bond donors (Lipinski definition) is 1. The molecule has 3 rings (SSSR count). The monoisotopic (exact) mass is 1030 g/mol. The maximum atomic E-state index is 13.3. The molecule has 2 heterocycles. The second kappa shape index (κ2) is 38.2. The van der Waals surface area contributed by atoms with Crippen molar-refractivity contribution in [2.45, 2.75) is 187 Å². The van der Waals surface area contributed by atoms with Crippen molar-refractivity contribution in [3.8, 4) is 0 Å². The van der Waals surface area contributed by atoms with Crippen molar-refractivity contribution in [3.05, 3.63) is 47.6 Å². The van der Waals surface area contributed by atoms with Gasteiger partial charge >= 0.3 is 0 Å². The predicted octanol–water partition coefficient (Wildman–Crippen LogP) is 8.87. The molecule has 73 heavy (non-hydrogen) atoms. The number of carbonyl (C=O) groups is 5. The Hall–Kier alpha value is -3.41. The standard InChI is InChI=1S/C58H95NO14/c1-8-29-67-30-31-68-32-33-69-34-35-70-36-37-71-49-24-20-48(21-25-49)22-26-50(72-42-60)39-52(61)46(5)38-47(6)54(63)41-53(62)43(2)17-13-10-9-11-14-18-44(3)55(66-7)40-51-23-19-45(4)57(73-51)56(64)58(65)59-27-15-12-16-28-59/h9-11,14,18,38,42-43,45-46,48-51,54-55,57,63H,8,12-13,15-17,19-37,39-41H2,1-7H3/b10-9+,14-11+,44-18+,47-38+/t43?,45-,46?,48?,49?,50?,51+,54?,55?,57?/m1/s1. The highest BCUT2D eigenvalue weighted by Gasteiger charge is 2.39. The summed E-state index contributed by atoms with van der Waals surface area (Å²) in [6.45, 7) is 18.2. The fraction of sp³-hybridized carbons (Fsp3) is 0.776. The fourth-order valence-electron chi connectivity index (χ4n) is 9.69. The van der Waals surface area contributed by atoms with Crippen LogP contribution in [0, 0.1) is 23.7 Å². The number of ether oxygens (including phenoxy) is 8. The molecule has 8 atom stereocenters. The summed E-state index contributed by atoms with van der Waals surface area (Å²) in [6, 6.07) is 0. The van der Waals surface area contributed by atoms with Crippen molar-refractivity contribution in [2.75, 3.05) is 79.7 Å². The SMILES string of the molecule is CCCOCCOCCOCCOCCOC1CCC(CCC(CC(=O)C(C)/C=C(\C)C(O)CC(=O)C(C)CC/C=C/C=C/C=C(\C)C(C[C@@H]2CC[C@@H](C)C(C(=O)C(=O)N3CCCCC3)O2)OC)OC=O)CC1. The highest BCUT2D eigenvalue weighted by atomic mass is 16.6. The van der Waals surface area contributed by atoms with Crippen molar-refractivity contribution < 1.29 is 67.0 Å². The Morgan fingerprint density at radius 1 is 0.753 bits per heavy atom. The third-order valence-electron chi connectivity index (χ3n) is 14.6. The van der Waals surface area contributed by atoms with E-state index in [0.717, 1.165) is 82.8 Å². The quantitative estimate of drug-likeness (QED) is 0.0203. The average Bonchev–Trinajstić information content (AvgIpc) is 3.39. The maximum Gasteiger partial charge on any atom is 0.293 e. The van der Waals surface area contributed by atoms with E-state index < -0.39 is 35.9 Å². The van der Waals surface area contributed by atoms with Crippen LogP contribution in [0.25, 0.3) is 0 Å². The summed E-state index contributed by atoms with van der Waals surface area (Å²) in [6.07, 6.45) is 22.1. The molecule has 0 aromatic heterocycles. The summed E-state index contributed by atoms with van der Waals surface area (Å²) in [5.74, 6) is -1.26. The number of aliphatic hydroxyl groups excluding tert-OH is 1. The zero-order valence-corrected chi connectivity index (χ0v) is 45.8. The molecule has 416 valence electrons. The molecule has 2 aliphatic heterocycles. The van der Waals surface area contributed by atoms with Crippen molar-refractivity contribution in [3.63, 3.8) is 0 Å². The number of methoxy groups -OCH3 is 1. The van der Waals surface area contributed by atoms with Gasteiger partial charge in [-0.2, -0.15) is 0 Å². The lowest BCUT2D eigenvalue weighted by Gasteiger charge is -2.36. The van der Waals surface area contributed by atoms with E-state index in [-0.39, 0.29) is 54.6 Å². The van der Waals surface area contributed by atoms with E-state index in [1.54, 1.807) is 31.9 Å². The second-order valence-corrected chi connectivity index (χ2v) is 20.6. The van der Waals surface area contributed by atoms with Gasteiger partial charge in [0.25, 0.3) is 12.4 Å². The molecule has 1 N–H and O–H groups in total. The number of allylic oxidation sites excluding steroid dienone is 6. The molecule has 15 heteroatoms. The molecule has 1 amide bonds. The van der Waals surface area contributed by atoms with E-state index in [2.05, 4.69) is 6.92 Å². The molecular weight excluding hydrogens is 935 g/mol. The van der Waals surface area contributed by atoms with E-state index in [0.29, 0.717) is 110 Å². The number of aliphatic hydroxyl groups is 1. The van der Waals surface area contributed by atoms with Crippen LogP contribution in [0.5, 0.6) is 0 Å². The van der Waals surface area contributed by atoms with Gasteiger partial charge in [0.05, 0.1) is 77.3 Å². The molecule has 1 saturated carbocycles. The molecular formula is C58H95NO14. The number of ketones is 3. The van der Waals surface area contributed by atoms with Crippen LogP contribution in [-0.2, 0) is 61.9 Å². The number of amides is 1. The fourth-order valence-corrected chi connectivity index (χ4v) is 9.69. The van der Waals surface area contributed by atoms with Gasteiger partial charge in [-0.05, 0) is 127 Å². The Labute approximate surface area is 438 Å². The highest BCUT2D eigenvalue weighted by Crippen LogP contribution is 2.32. The summed E-state index contributed by atoms with van der Waals surface area (Å²) >= 11 is 0. The van der Waals surface area contributed by atoms with E-state index in [9.17, 15) is 29.1 Å². The number of carbonyl (C=O) groups excluding carboxylic acids is 5. The molecule has 1 aliphatic carbocycles. The van der Waals surface area contributed by atoms with Gasteiger partial charge < -0.3 is 47.9 Å². The molecule has 0 bridgehead atoms. The molecule has 0 radical (unpaired) electrons. The van der Waals surface area contributed by atoms with Gasteiger partial charge in [0, 0.05) is 57.9 Å². The summed E-state index contributed by atoms with van der Waals surface area (Å²) in [5, 5.41) is 10.9. The minimum Gasteiger partial charge on any atom is -0.464 e. The number of rotatable bonds is 39. The molecule has 2 saturated heterocycles. The average molecular weight is 1030 g/mol. The molecule has 6 unspecified atom stereocenters. The number of piperidine rings is 1. The van der Waals surface area contributed by atoms with Gasteiger partial charge in [-0.3, -0.25) is 24.0 Å². The van der Waals surface area contributed by atoms with Crippen LogP contribution < -0.4 is 0 Å². The van der Waals surface area contributed by atoms with Crippen LogP contribution in [-0.4, -0.2) is 156 Å². The second-order valence-electron chi connectivity index (χ2n) is 20.6. The third-order valence-corrected chi connectivity index (χ3v) is 14.6. The number of Topliss-reactive ketones (excluding diaryl/α,β-unsaturated/α-hetero) is 3. The highest BCUT2D eigenvalue weighted by molar-refractivity contribution is 6.37. The predicted molar refractivity (Wildman–Crippen MR) is 282 cm³/mol. The zero-order chi connectivity index (χ0) is 53.2. The smallest absolute Gasteiger partial charge is 0.293 e. The van der Waals surface area contributed by atoms with Gasteiger partial charge in [0.15, 0.2) is 0 Å². The Morgan fingerprint density at radius 3 is 2.03 bits per heavy atom. The summed E-state index contributed by atoms with van der Waals surface area (Å²) in [5.41, 5.74) is 1.59. The Bertz CT molecular complexity index is 1700. The van der Waals surface area contributed by atoms with E-state index in [1.807, 2.05) is 51.2 Å². The van der Waals surface area contributed by atoms with E-state index in [1.165, 1.54) is 0 Å². The van der Waals surface area contributed by atoms with Crippen LogP contribution in [0.4, 0.5) is 0 Å². The van der Waals surface area contributed by atoms with Gasteiger partial charge in [-0.25, -0.2) is 0 Å². The molecule has 0 aromatic carbocycles. The minimum atomic E-state index is -0.995. The Kier molecular flexibility index (Phi) is 33.4. The topological polar surface area (TPSA) is 183 Å². The maximum absolute atomic E-state index is 13.3. The van der Waals surface area contributed by atoms with Crippen LogP contribution in [0.15, 0.2) is 47.6 Å². The van der Waals surface area contributed by atoms with Crippen molar-refractivity contribution in [1.29, 1.82) is 0 Å². The molecule has 15 nitrogen and oxygen atoms in total. The third kappa shape index (κ3) is 26.3. The van der Waals surface area contributed by atoms with Crippen LogP contribution in [0.1, 0.15) is 151 Å². The van der Waals surface area contributed by atoms with Crippen molar-refractivity contribution in [1.82, 2.24) is 4.90 Å². The Balaban J connectivity index is 1.28. The van der Waals surface area contributed by atoms with Crippen LogP contribution in [0.3, 0.4) is 0 Å². The summed E-state index contributed by atoms with van der Waals surface area (Å²) < 4.78 is 45.5. The van der Waals surface area contributed by atoms with Gasteiger partial charge in [0.2, 0.25) is 5.78 Å². The number of nitrogens with zero attached hydrogens (tertiary/aromatic N) is 1. The molecule has 0 aromatic rings. The Morgan fingerprint density at radius 2 is 1.40 bits per heavy atom. The molecule has 3 aliphatic rings. The van der Waals surface area contributed by atoms with Crippen LogP contribution >= 0.6 is 0 Å². The normalized spacial score (nSPS) is 23.3. The lowest BCUT2D eigenvalue weighted by Crippen LogP contribution is -2.49. The molecule has 3 fully saturated rings. The lowest BCUT2D eigenvalue weighted by atomic mass is 9.83. The first-order valence-corrected chi connectivity index (χ1v) is 27.7. The van der Waals surface area contributed by atoms with Crippen molar-refractivity contribution >= 4 is 29.7 Å². The van der Waals surface area contributed by atoms with Crippen molar-refractivity contribution in [2.24, 2.45) is 23.7 Å². The first-order chi connectivity index (χ1) is 35.3. The first kappa shape index (κ1) is 63.9. The number of hydrogen-bond acceptors (Lipinski definition) is 14. The first-order valence-electron chi connectivity index (χ1n) is 27.7. The lowest BCUT2D eigenvalue weighted by molar-refractivity contribution is -0.161. The van der Waals surface area contributed by atoms with E-state index in [4.69, 9.17) is 37.9 Å².